The highest BCUT2D eigenvalue weighted by Gasteiger charge is 2.57. The maximum Gasteiger partial charge on any atom is 0.252 e. The van der Waals surface area contributed by atoms with E-state index < -0.39 is 14.4 Å². The van der Waals surface area contributed by atoms with Crippen LogP contribution in [0.5, 0.6) is 0 Å². The van der Waals surface area contributed by atoms with Gasteiger partial charge in [-0.3, -0.25) is 4.79 Å². The summed E-state index contributed by atoms with van der Waals surface area (Å²) in [5, 5.41) is 11.2. The summed E-state index contributed by atoms with van der Waals surface area (Å²) in [6.07, 6.45) is 4.20. The van der Waals surface area contributed by atoms with Crippen LogP contribution in [0.15, 0.2) is 43.0 Å². The van der Waals surface area contributed by atoms with Crippen molar-refractivity contribution in [3.63, 3.8) is 0 Å². The normalized spacial score (nSPS) is 28.6. The van der Waals surface area contributed by atoms with Crippen LogP contribution in [0.3, 0.4) is 0 Å². The van der Waals surface area contributed by atoms with Gasteiger partial charge in [0.05, 0.1) is 6.10 Å². The third-order valence-electron chi connectivity index (χ3n) is 8.26. The van der Waals surface area contributed by atoms with Gasteiger partial charge in [0, 0.05) is 18.0 Å². The number of fused-ring (bicyclic) bond motifs is 2. The monoisotopic (exact) mass is 457 g/mol. The molecule has 4 nitrogen and oxygen atoms in total. The highest BCUT2D eigenvalue weighted by molar-refractivity contribution is 6.77. The topological polar surface area (TPSA) is 49.8 Å². The third-order valence-corrected chi connectivity index (χ3v) is 14.4. The minimum Gasteiger partial charge on any atom is -0.413 e. The Kier molecular flexibility index (Phi) is 7.73. The molecule has 1 aromatic rings. The molecule has 1 saturated carbocycles. The zero-order valence-corrected chi connectivity index (χ0v) is 21.9. The van der Waals surface area contributed by atoms with Crippen LogP contribution in [0, 0.1) is 5.92 Å². The zero-order valence-electron chi connectivity index (χ0n) is 20.9. The standard InChI is InChI=1S/C27H43NO3Si/c1-8-15-27-16-14-24(31-32(19(2)3,20(4)5)21(6)7)23(17-27)25(29)26(30)28(27)18-22-12-10-9-11-13-22/h8-13,19-21,23-25,29H,1,14-18H2,2-7H3/t23-,24-,25-,27-/m0/s1. The number of aliphatic hydroxyl groups excluding tert-OH is 1. The fourth-order valence-electron chi connectivity index (χ4n) is 6.83. The fourth-order valence-corrected chi connectivity index (χ4v) is 12.5. The van der Waals surface area contributed by atoms with E-state index in [1.165, 1.54) is 0 Å². The summed E-state index contributed by atoms with van der Waals surface area (Å²) in [7, 11) is -2.10. The molecule has 5 heteroatoms. The molecule has 0 unspecified atom stereocenters. The lowest BCUT2D eigenvalue weighted by atomic mass is 9.66. The highest BCUT2D eigenvalue weighted by Crippen LogP contribution is 2.51. The van der Waals surface area contributed by atoms with Crippen molar-refractivity contribution in [2.24, 2.45) is 5.92 Å². The van der Waals surface area contributed by atoms with Crippen molar-refractivity contribution in [3.05, 3.63) is 48.6 Å². The minimum absolute atomic E-state index is 0.0513. The molecule has 1 aliphatic heterocycles. The average Bonchev–Trinajstić information content (AvgIpc) is 2.75. The van der Waals surface area contributed by atoms with Gasteiger partial charge in [0.1, 0.15) is 6.10 Å². The number of benzene rings is 1. The van der Waals surface area contributed by atoms with Crippen LogP contribution in [0.4, 0.5) is 0 Å². The van der Waals surface area contributed by atoms with E-state index in [2.05, 4.69) is 60.3 Å². The zero-order chi connectivity index (χ0) is 23.7. The van der Waals surface area contributed by atoms with Gasteiger partial charge in [-0.05, 0) is 47.9 Å². The van der Waals surface area contributed by atoms with Crippen LogP contribution >= 0.6 is 0 Å². The summed E-state index contributed by atoms with van der Waals surface area (Å²) in [6, 6.07) is 10.1. The summed E-state index contributed by atoms with van der Waals surface area (Å²) < 4.78 is 7.13. The molecule has 4 atom stereocenters. The number of likely N-dealkylation sites (tertiary alicyclic amines) is 1. The van der Waals surface area contributed by atoms with Crippen molar-refractivity contribution in [1.29, 1.82) is 0 Å². The first-order chi connectivity index (χ1) is 15.1. The molecule has 0 aromatic heterocycles. The molecule has 178 valence electrons. The number of hydrogen-bond acceptors (Lipinski definition) is 3. The van der Waals surface area contributed by atoms with Gasteiger partial charge >= 0.3 is 0 Å². The van der Waals surface area contributed by atoms with Crippen molar-refractivity contribution >= 4 is 14.2 Å². The van der Waals surface area contributed by atoms with Gasteiger partial charge in [-0.1, -0.05) is 78.0 Å². The van der Waals surface area contributed by atoms with E-state index in [1.54, 1.807) is 0 Å². The Morgan fingerprint density at radius 3 is 2.28 bits per heavy atom. The second-order valence-electron chi connectivity index (χ2n) is 11.0. The van der Waals surface area contributed by atoms with Crippen LogP contribution in [-0.4, -0.2) is 42.0 Å². The Bertz CT molecular complexity index is 772. The molecule has 2 aliphatic rings. The Balaban J connectivity index is 1.92. The van der Waals surface area contributed by atoms with E-state index in [0.717, 1.165) is 31.2 Å². The Morgan fingerprint density at radius 1 is 1.16 bits per heavy atom. The predicted octanol–water partition coefficient (Wildman–Crippen LogP) is 6.07. The Labute approximate surface area is 196 Å². The number of carbonyl (C=O) groups is 1. The third kappa shape index (κ3) is 4.36. The molecule has 32 heavy (non-hydrogen) atoms. The number of carbonyl (C=O) groups excluding carboxylic acids is 1. The lowest BCUT2D eigenvalue weighted by Gasteiger charge is -2.58. The first-order valence-corrected chi connectivity index (χ1v) is 14.5. The van der Waals surface area contributed by atoms with E-state index >= 15 is 0 Å². The van der Waals surface area contributed by atoms with E-state index in [0.29, 0.717) is 23.2 Å². The molecule has 1 heterocycles. The molecule has 3 rings (SSSR count). The molecule has 0 radical (unpaired) electrons. The first-order valence-electron chi connectivity index (χ1n) is 12.4. The van der Waals surface area contributed by atoms with Crippen molar-refractivity contribution in [2.75, 3.05) is 0 Å². The molecule has 1 aliphatic carbocycles. The van der Waals surface area contributed by atoms with Gasteiger partial charge in [0.2, 0.25) is 8.32 Å². The van der Waals surface area contributed by atoms with Crippen LogP contribution < -0.4 is 0 Å². The van der Waals surface area contributed by atoms with Crippen LogP contribution in [0.25, 0.3) is 0 Å². The van der Waals surface area contributed by atoms with Gasteiger partial charge in [0.25, 0.3) is 5.91 Å². The number of amides is 1. The van der Waals surface area contributed by atoms with Crippen molar-refractivity contribution in [3.8, 4) is 0 Å². The average molecular weight is 458 g/mol. The SMILES string of the molecule is C=CC[C@]12CC[C@H](O[Si](C(C)C)(C(C)C)C(C)C)[C@H](C1)[C@H](O)C(=O)N2Cc1ccccc1. The predicted molar refractivity (Wildman–Crippen MR) is 134 cm³/mol. The molecule has 2 bridgehead atoms. The van der Waals surface area contributed by atoms with Gasteiger partial charge in [-0.2, -0.15) is 0 Å². The number of hydrogen-bond donors (Lipinski definition) is 1. The van der Waals surface area contributed by atoms with Gasteiger partial charge < -0.3 is 14.4 Å². The molecule has 2 fully saturated rings. The molecular weight excluding hydrogens is 414 g/mol. The maximum atomic E-state index is 13.5. The fraction of sp³-hybridized carbons (Fsp3) is 0.667. The number of piperidine rings is 1. The van der Waals surface area contributed by atoms with Gasteiger partial charge in [-0.25, -0.2) is 0 Å². The first kappa shape index (κ1) is 25.2. The van der Waals surface area contributed by atoms with Crippen LogP contribution in [0.2, 0.25) is 16.6 Å². The Hall–Kier alpha value is -1.43. The maximum absolute atomic E-state index is 13.5. The summed E-state index contributed by atoms with van der Waals surface area (Å²) in [5.41, 5.74) is 2.25. The summed E-state index contributed by atoms with van der Waals surface area (Å²) in [6.45, 7) is 18.3. The number of rotatable bonds is 9. The van der Waals surface area contributed by atoms with Crippen LogP contribution in [0.1, 0.15) is 72.8 Å². The molecular formula is C27H43NO3Si. The van der Waals surface area contributed by atoms with Crippen LogP contribution in [-0.2, 0) is 15.8 Å². The van der Waals surface area contributed by atoms with E-state index in [1.807, 2.05) is 29.2 Å². The van der Waals surface area contributed by atoms with Crippen molar-refractivity contribution in [1.82, 2.24) is 4.90 Å². The van der Waals surface area contributed by atoms with Crippen molar-refractivity contribution in [2.45, 2.75) is 108 Å². The number of nitrogens with zero attached hydrogens (tertiary/aromatic N) is 1. The number of aliphatic hydroxyl groups is 1. The smallest absolute Gasteiger partial charge is 0.252 e. The van der Waals surface area contributed by atoms with Gasteiger partial charge in [-0.15, -0.1) is 6.58 Å². The summed E-state index contributed by atoms with van der Waals surface area (Å²) >= 11 is 0. The second kappa shape index (κ2) is 9.82. The summed E-state index contributed by atoms with van der Waals surface area (Å²) in [4.78, 5) is 15.5. The highest BCUT2D eigenvalue weighted by atomic mass is 28.4. The van der Waals surface area contributed by atoms with E-state index in [4.69, 9.17) is 4.43 Å². The molecule has 1 saturated heterocycles. The van der Waals surface area contributed by atoms with E-state index in [9.17, 15) is 9.90 Å². The molecule has 1 amide bonds. The molecule has 0 spiro atoms. The lowest BCUT2D eigenvalue weighted by molar-refractivity contribution is -0.175. The van der Waals surface area contributed by atoms with E-state index in [-0.39, 0.29) is 23.5 Å². The Morgan fingerprint density at radius 2 is 1.75 bits per heavy atom. The minimum atomic E-state index is -2.10. The molecule has 1 aromatic carbocycles. The second-order valence-corrected chi connectivity index (χ2v) is 16.4. The molecule has 1 N–H and O–H groups in total. The summed E-state index contributed by atoms with van der Waals surface area (Å²) in [5.74, 6) is -0.294. The quantitative estimate of drug-likeness (QED) is 0.362. The lowest BCUT2D eigenvalue weighted by Crippen LogP contribution is -2.67. The van der Waals surface area contributed by atoms with Crippen molar-refractivity contribution < 1.29 is 14.3 Å². The largest absolute Gasteiger partial charge is 0.413 e. The van der Waals surface area contributed by atoms with Gasteiger partial charge in [0.15, 0.2) is 0 Å².